The lowest BCUT2D eigenvalue weighted by Gasteiger charge is -2.08. The van der Waals surface area contributed by atoms with Crippen LogP contribution in [-0.2, 0) is 0 Å². The number of benzene rings is 1. The highest BCUT2D eigenvalue weighted by atomic mass is 79.9. The topological polar surface area (TPSA) is 48.2 Å². The van der Waals surface area contributed by atoms with Crippen LogP contribution in [0.2, 0.25) is 0 Å². The lowest BCUT2D eigenvalue weighted by atomic mass is 10.1. The standard InChI is InChI=1S/C10H9BrN2O2/c1-6-3-7(11)4-8(14-2)9(6)10-12-5-15-13-10/h3-5H,1-2H3. The Balaban J connectivity index is 2.64. The van der Waals surface area contributed by atoms with Crippen LogP contribution in [0.25, 0.3) is 11.4 Å². The molecule has 0 amide bonds. The smallest absolute Gasteiger partial charge is 0.214 e. The SMILES string of the molecule is COc1cc(Br)cc(C)c1-c1ncon1. The molecule has 0 radical (unpaired) electrons. The van der Waals surface area contributed by atoms with E-state index in [1.165, 1.54) is 6.39 Å². The van der Waals surface area contributed by atoms with Gasteiger partial charge in [-0.3, -0.25) is 0 Å². The molecule has 0 unspecified atom stereocenters. The molecule has 2 rings (SSSR count). The van der Waals surface area contributed by atoms with Gasteiger partial charge in [-0.05, 0) is 24.6 Å². The maximum absolute atomic E-state index is 5.28. The zero-order valence-corrected chi connectivity index (χ0v) is 9.91. The third-order valence-corrected chi connectivity index (χ3v) is 2.53. The van der Waals surface area contributed by atoms with E-state index in [2.05, 4.69) is 26.1 Å². The maximum atomic E-state index is 5.28. The van der Waals surface area contributed by atoms with E-state index in [9.17, 15) is 0 Å². The van der Waals surface area contributed by atoms with Crippen molar-refractivity contribution >= 4 is 15.9 Å². The van der Waals surface area contributed by atoms with E-state index in [1.54, 1.807) is 7.11 Å². The summed E-state index contributed by atoms with van der Waals surface area (Å²) < 4.78 is 11.0. The average Bonchev–Trinajstić information content (AvgIpc) is 2.69. The first-order chi connectivity index (χ1) is 7.22. The van der Waals surface area contributed by atoms with Crippen LogP contribution in [0.4, 0.5) is 0 Å². The number of aryl methyl sites for hydroxylation is 1. The minimum Gasteiger partial charge on any atom is -0.496 e. The van der Waals surface area contributed by atoms with E-state index in [1.807, 2.05) is 19.1 Å². The Morgan fingerprint density at radius 3 is 2.80 bits per heavy atom. The van der Waals surface area contributed by atoms with E-state index in [4.69, 9.17) is 9.26 Å². The highest BCUT2D eigenvalue weighted by Crippen LogP contribution is 2.33. The summed E-state index contributed by atoms with van der Waals surface area (Å²) in [5.74, 6) is 1.26. The van der Waals surface area contributed by atoms with Gasteiger partial charge >= 0.3 is 0 Å². The molecule has 0 aliphatic rings. The first-order valence-electron chi connectivity index (χ1n) is 4.33. The predicted molar refractivity (Wildman–Crippen MR) is 58.7 cm³/mol. The molecule has 15 heavy (non-hydrogen) atoms. The van der Waals surface area contributed by atoms with E-state index in [-0.39, 0.29) is 0 Å². The van der Waals surface area contributed by atoms with E-state index in [0.717, 1.165) is 21.3 Å². The van der Waals surface area contributed by atoms with Crippen molar-refractivity contribution in [3.8, 4) is 17.1 Å². The van der Waals surface area contributed by atoms with Gasteiger partial charge in [-0.2, -0.15) is 4.98 Å². The van der Waals surface area contributed by atoms with Gasteiger partial charge in [0.1, 0.15) is 5.75 Å². The van der Waals surface area contributed by atoms with Crippen molar-refractivity contribution in [1.82, 2.24) is 10.1 Å². The fraction of sp³-hybridized carbons (Fsp3) is 0.200. The number of aromatic nitrogens is 2. The normalized spacial score (nSPS) is 10.3. The van der Waals surface area contributed by atoms with Crippen molar-refractivity contribution in [2.24, 2.45) is 0 Å². The van der Waals surface area contributed by atoms with E-state index < -0.39 is 0 Å². The molecule has 5 heteroatoms. The molecular formula is C10H9BrN2O2. The third-order valence-electron chi connectivity index (χ3n) is 2.07. The Morgan fingerprint density at radius 1 is 1.40 bits per heavy atom. The number of nitrogens with zero attached hydrogens (tertiary/aromatic N) is 2. The second-order valence-corrected chi connectivity index (χ2v) is 3.97. The van der Waals surface area contributed by atoms with Crippen LogP contribution < -0.4 is 4.74 Å². The van der Waals surface area contributed by atoms with Gasteiger partial charge in [0.25, 0.3) is 0 Å². The van der Waals surface area contributed by atoms with Crippen LogP contribution >= 0.6 is 15.9 Å². The summed E-state index contributed by atoms with van der Waals surface area (Å²) in [7, 11) is 1.62. The van der Waals surface area contributed by atoms with Crippen LogP contribution in [-0.4, -0.2) is 17.3 Å². The fourth-order valence-electron chi connectivity index (χ4n) is 1.44. The lowest BCUT2D eigenvalue weighted by molar-refractivity contribution is 0.410. The first kappa shape index (κ1) is 10.2. The van der Waals surface area contributed by atoms with Crippen molar-refractivity contribution in [2.75, 3.05) is 7.11 Å². The summed E-state index contributed by atoms with van der Waals surface area (Å²) >= 11 is 3.41. The van der Waals surface area contributed by atoms with Crippen LogP contribution in [0.15, 0.2) is 27.5 Å². The Hall–Kier alpha value is -1.36. The van der Waals surface area contributed by atoms with Gasteiger partial charge in [0, 0.05) is 4.47 Å². The molecule has 0 saturated carbocycles. The molecule has 0 spiro atoms. The molecule has 1 heterocycles. The van der Waals surface area contributed by atoms with Gasteiger partial charge in [-0.1, -0.05) is 21.1 Å². The van der Waals surface area contributed by atoms with Crippen molar-refractivity contribution in [2.45, 2.75) is 6.92 Å². The number of ether oxygens (including phenoxy) is 1. The van der Waals surface area contributed by atoms with Gasteiger partial charge in [-0.25, -0.2) is 0 Å². The van der Waals surface area contributed by atoms with Gasteiger partial charge in [0.15, 0.2) is 0 Å². The maximum Gasteiger partial charge on any atom is 0.214 e. The molecule has 1 aromatic carbocycles. The summed E-state index contributed by atoms with van der Waals surface area (Å²) in [6.07, 6.45) is 1.30. The third kappa shape index (κ3) is 1.87. The van der Waals surface area contributed by atoms with Gasteiger partial charge in [-0.15, -0.1) is 0 Å². The second kappa shape index (κ2) is 4.02. The van der Waals surface area contributed by atoms with Crippen LogP contribution in [0.3, 0.4) is 0 Å². The first-order valence-corrected chi connectivity index (χ1v) is 5.12. The molecule has 78 valence electrons. The van der Waals surface area contributed by atoms with Gasteiger partial charge < -0.3 is 9.26 Å². The Kier molecular flexibility index (Phi) is 2.73. The molecule has 0 aliphatic heterocycles. The number of hydrogen-bond acceptors (Lipinski definition) is 4. The highest BCUT2D eigenvalue weighted by Gasteiger charge is 2.14. The summed E-state index contributed by atoms with van der Waals surface area (Å²) in [5, 5.41) is 3.80. The fourth-order valence-corrected chi connectivity index (χ4v) is 1.99. The zero-order chi connectivity index (χ0) is 10.8. The molecule has 0 aliphatic carbocycles. The van der Waals surface area contributed by atoms with Crippen molar-refractivity contribution in [3.63, 3.8) is 0 Å². The summed E-state index contributed by atoms with van der Waals surface area (Å²) in [4.78, 5) is 4.01. The second-order valence-electron chi connectivity index (χ2n) is 3.05. The summed E-state index contributed by atoms with van der Waals surface area (Å²) in [6.45, 7) is 1.97. The molecule has 0 fully saturated rings. The molecule has 1 aromatic heterocycles. The molecular weight excluding hydrogens is 260 g/mol. The number of methoxy groups -OCH3 is 1. The Bertz CT molecular complexity index is 469. The van der Waals surface area contributed by atoms with Crippen molar-refractivity contribution in [1.29, 1.82) is 0 Å². The van der Waals surface area contributed by atoms with E-state index >= 15 is 0 Å². The largest absolute Gasteiger partial charge is 0.496 e. The van der Waals surface area contributed by atoms with E-state index in [0.29, 0.717) is 5.82 Å². The number of hydrogen-bond donors (Lipinski definition) is 0. The molecule has 0 atom stereocenters. The quantitative estimate of drug-likeness (QED) is 0.841. The van der Waals surface area contributed by atoms with Crippen LogP contribution in [0.1, 0.15) is 5.56 Å². The minimum absolute atomic E-state index is 0.539. The van der Waals surface area contributed by atoms with Crippen LogP contribution in [0.5, 0.6) is 5.75 Å². The van der Waals surface area contributed by atoms with Gasteiger partial charge in [0.05, 0.1) is 12.7 Å². The molecule has 0 saturated heterocycles. The molecule has 0 bridgehead atoms. The summed E-state index contributed by atoms with van der Waals surface area (Å²) in [6, 6.07) is 3.85. The molecule has 4 nitrogen and oxygen atoms in total. The average molecular weight is 269 g/mol. The highest BCUT2D eigenvalue weighted by molar-refractivity contribution is 9.10. The van der Waals surface area contributed by atoms with Gasteiger partial charge in [0.2, 0.25) is 12.2 Å². The lowest BCUT2D eigenvalue weighted by Crippen LogP contribution is -1.92. The minimum atomic E-state index is 0.539. The van der Waals surface area contributed by atoms with Crippen LogP contribution in [0, 0.1) is 6.92 Å². The summed E-state index contributed by atoms with van der Waals surface area (Å²) in [5.41, 5.74) is 1.89. The predicted octanol–water partition coefficient (Wildman–Crippen LogP) is 2.82. The monoisotopic (exact) mass is 268 g/mol. The Labute approximate surface area is 95.4 Å². The molecule has 2 aromatic rings. The Morgan fingerprint density at radius 2 is 2.20 bits per heavy atom. The number of halogens is 1. The molecule has 0 N–H and O–H groups in total. The van der Waals surface area contributed by atoms with Crippen molar-refractivity contribution < 1.29 is 9.26 Å². The van der Waals surface area contributed by atoms with Crippen molar-refractivity contribution in [3.05, 3.63) is 28.6 Å². The zero-order valence-electron chi connectivity index (χ0n) is 8.32. The number of rotatable bonds is 2.